The molecule has 0 spiro atoms. The minimum atomic E-state index is 0.861. The smallest absolute Gasteiger partial charge is 0.0884 e. The number of aromatic nitrogens is 1. The quantitative estimate of drug-likeness (QED) is 0.879. The Hall–Kier alpha value is -2.09. The molecule has 2 heteroatoms. The SMILES string of the molecule is C=C(NCC)c1ncc(-c2ccccc2)cc1C. The van der Waals surface area contributed by atoms with Crippen LogP contribution in [0.3, 0.4) is 0 Å². The van der Waals surface area contributed by atoms with Gasteiger partial charge >= 0.3 is 0 Å². The van der Waals surface area contributed by atoms with Gasteiger partial charge in [-0.3, -0.25) is 4.98 Å². The molecule has 1 heterocycles. The molecule has 2 nitrogen and oxygen atoms in total. The first-order valence-corrected chi connectivity index (χ1v) is 6.17. The van der Waals surface area contributed by atoms with Crippen LogP contribution >= 0.6 is 0 Å². The molecule has 0 amide bonds. The lowest BCUT2D eigenvalue weighted by Gasteiger charge is -2.11. The fourth-order valence-corrected chi connectivity index (χ4v) is 1.98. The fraction of sp³-hybridized carbons (Fsp3) is 0.188. The van der Waals surface area contributed by atoms with Crippen molar-refractivity contribution in [1.29, 1.82) is 0 Å². The molecule has 0 saturated carbocycles. The van der Waals surface area contributed by atoms with Crippen LogP contribution in [0.15, 0.2) is 49.2 Å². The number of hydrogen-bond donors (Lipinski definition) is 1. The maximum absolute atomic E-state index is 4.51. The number of aryl methyl sites for hydroxylation is 1. The number of nitrogens with one attached hydrogen (secondary N) is 1. The van der Waals surface area contributed by atoms with E-state index in [4.69, 9.17) is 0 Å². The van der Waals surface area contributed by atoms with Crippen molar-refractivity contribution in [2.45, 2.75) is 13.8 Å². The van der Waals surface area contributed by atoms with Gasteiger partial charge in [0, 0.05) is 18.3 Å². The Kier molecular flexibility index (Phi) is 3.78. The molecule has 0 aliphatic carbocycles. The highest BCUT2D eigenvalue weighted by atomic mass is 14.9. The van der Waals surface area contributed by atoms with Gasteiger partial charge in [0.2, 0.25) is 0 Å². The van der Waals surface area contributed by atoms with Gasteiger partial charge < -0.3 is 5.32 Å². The summed E-state index contributed by atoms with van der Waals surface area (Å²) in [6.45, 7) is 8.99. The molecule has 18 heavy (non-hydrogen) atoms. The summed E-state index contributed by atoms with van der Waals surface area (Å²) >= 11 is 0. The van der Waals surface area contributed by atoms with Gasteiger partial charge in [0.25, 0.3) is 0 Å². The van der Waals surface area contributed by atoms with Gasteiger partial charge in [-0.25, -0.2) is 0 Å². The Bertz CT molecular complexity index is 544. The van der Waals surface area contributed by atoms with Crippen molar-refractivity contribution in [1.82, 2.24) is 10.3 Å². The lowest BCUT2D eigenvalue weighted by atomic mass is 10.0. The standard InChI is InChI=1S/C16H18N2/c1-4-17-13(3)16-12(2)10-15(11-18-16)14-8-6-5-7-9-14/h5-11,17H,3-4H2,1-2H3. The molecule has 0 radical (unpaired) electrons. The van der Waals surface area contributed by atoms with E-state index in [1.165, 1.54) is 5.56 Å². The summed E-state index contributed by atoms with van der Waals surface area (Å²) in [5, 5.41) is 3.20. The zero-order valence-electron chi connectivity index (χ0n) is 10.9. The lowest BCUT2D eigenvalue weighted by molar-refractivity contribution is 0.930. The van der Waals surface area contributed by atoms with Gasteiger partial charge in [-0.15, -0.1) is 0 Å². The Morgan fingerprint density at radius 1 is 1.22 bits per heavy atom. The summed E-state index contributed by atoms with van der Waals surface area (Å²) in [5.74, 6) is 0. The topological polar surface area (TPSA) is 24.9 Å². The molecule has 1 aromatic heterocycles. The van der Waals surface area contributed by atoms with Crippen LogP contribution in [0.1, 0.15) is 18.2 Å². The molecule has 0 saturated heterocycles. The van der Waals surface area contributed by atoms with E-state index in [9.17, 15) is 0 Å². The van der Waals surface area contributed by atoms with Crippen molar-refractivity contribution >= 4 is 5.70 Å². The molecular formula is C16H18N2. The largest absolute Gasteiger partial charge is 0.384 e. The van der Waals surface area contributed by atoms with E-state index in [1.807, 2.05) is 24.4 Å². The second kappa shape index (κ2) is 5.50. The molecule has 2 aromatic rings. The first-order valence-electron chi connectivity index (χ1n) is 6.17. The Morgan fingerprint density at radius 3 is 2.56 bits per heavy atom. The predicted molar refractivity (Wildman–Crippen MR) is 77.1 cm³/mol. The van der Waals surface area contributed by atoms with Gasteiger partial charge in [-0.1, -0.05) is 36.9 Å². The van der Waals surface area contributed by atoms with Crippen LogP contribution in [-0.4, -0.2) is 11.5 Å². The third-order valence-electron chi connectivity index (χ3n) is 2.86. The van der Waals surface area contributed by atoms with Crippen LogP contribution in [0.25, 0.3) is 16.8 Å². The van der Waals surface area contributed by atoms with Crippen molar-refractivity contribution in [2.75, 3.05) is 6.54 Å². The average Bonchev–Trinajstić information content (AvgIpc) is 2.40. The summed E-state index contributed by atoms with van der Waals surface area (Å²) in [7, 11) is 0. The van der Waals surface area contributed by atoms with Crippen molar-refractivity contribution in [3.8, 4) is 11.1 Å². The third-order valence-corrected chi connectivity index (χ3v) is 2.86. The van der Waals surface area contributed by atoms with Gasteiger partial charge in [-0.05, 0) is 31.0 Å². The van der Waals surface area contributed by atoms with Crippen LogP contribution in [-0.2, 0) is 0 Å². The summed E-state index contributed by atoms with van der Waals surface area (Å²) in [4.78, 5) is 4.51. The highest BCUT2D eigenvalue weighted by Crippen LogP contribution is 2.22. The molecule has 0 aliphatic heterocycles. The maximum Gasteiger partial charge on any atom is 0.0884 e. The molecule has 1 aromatic carbocycles. The Labute approximate surface area is 108 Å². The Balaban J connectivity index is 2.34. The van der Waals surface area contributed by atoms with Gasteiger partial charge in [-0.2, -0.15) is 0 Å². The Morgan fingerprint density at radius 2 is 1.94 bits per heavy atom. The van der Waals surface area contributed by atoms with Crippen molar-refractivity contribution < 1.29 is 0 Å². The van der Waals surface area contributed by atoms with Crippen molar-refractivity contribution in [3.63, 3.8) is 0 Å². The van der Waals surface area contributed by atoms with E-state index in [1.54, 1.807) is 0 Å². The normalized spacial score (nSPS) is 10.1. The fourth-order valence-electron chi connectivity index (χ4n) is 1.98. The molecule has 2 rings (SSSR count). The van der Waals surface area contributed by atoms with Gasteiger partial charge in [0.05, 0.1) is 11.4 Å². The van der Waals surface area contributed by atoms with Gasteiger partial charge in [0.1, 0.15) is 0 Å². The molecule has 0 fully saturated rings. The van der Waals surface area contributed by atoms with E-state index in [0.717, 1.165) is 29.1 Å². The lowest BCUT2D eigenvalue weighted by Crippen LogP contribution is -2.12. The maximum atomic E-state index is 4.51. The highest BCUT2D eigenvalue weighted by molar-refractivity contribution is 5.68. The van der Waals surface area contributed by atoms with Crippen LogP contribution in [0.4, 0.5) is 0 Å². The van der Waals surface area contributed by atoms with E-state index >= 15 is 0 Å². The van der Waals surface area contributed by atoms with Crippen molar-refractivity contribution in [3.05, 3.63) is 60.4 Å². The summed E-state index contributed by atoms with van der Waals surface area (Å²) in [6, 6.07) is 12.4. The summed E-state index contributed by atoms with van der Waals surface area (Å²) in [5.41, 5.74) is 5.29. The van der Waals surface area contributed by atoms with E-state index in [2.05, 4.69) is 48.9 Å². The number of hydrogen-bond acceptors (Lipinski definition) is 2. The molecule has 0 atom stereocenters. The van der Waals surface area contributed by atoms with E-state index < -0.39 is 0 Å². The number of benzene rings is 1. The molecule has 0 aliphatic rings. The van der Waals surface area contributed by atoms with Crippen LogP contribution in [0, 0.1) is 6.92 Å². The zero-order chi connectivity index (χ0) is 13.0. The minimum absolute atomic E-state index is 0.861. The van der Waals surface area contributed by atoms with Crippen LogP contribution < -0.4 is 5.32 Å². The third kappa shape index (κ3) is 2.59. The number of pyridine rings is 1. The molecule has 1 N–H and O–H groups in total. The second-order valence-electron chi connectivity index (χ2n) is 4.26. The van der Waals surface area contributed by atoms with Gasteiger partial charge in [0.15, 0.2) is 0 Å². The molecular weight excluding hydrogens is 220 g/mol. The monoisotopic (exact) mass is 238 g/mol. The highest BCUT2D eigenvalue weighted by Gasteiger charge is 2.06. The van der Waals surface area contributed by atoms with Crippen molar-refractivity contribution in [2.24, 2.45) is 0 Å². The summed E-state index contributed by atoms with van der Waals surface area (Å²) in [6.07, 6.45) is 1.90. The zero-order valence-corrected chi connectivity index (χ0v) is 10.9. The van der Waals surface area contributed by atoms with Crippen LogP contribution in [0.2, 0.25) is 0 Å². The minimum Gasteiger partial charge on any atom is -0.384 e. The molecule has 0 unspecified atom stereocenters. The number of nitrogens with zero attached hydrogens (tertiary/aromatic N) is 1. The van der Waals surface area contributed by atoms with E-state index in [-0.39, 0.29) is 0 Å². The van der Waals surface area contributed by atoms with Crippen LogP contribution in [0.5, 0.6) is 0 Å². The van der Waals surface area contributed by atoms with E-state index in [0.29, 0.717) is 0 Å². The average molecular weight is 238 g/mol. The predicted octanol–water partition coefficient (Wildman–Crippen LogP) is 3.64. The molecule has 92 valence electrons. The first-order chi connectivity index (χ1) is 8.72. The summed E-state index contributed by atoms with van der Waals surface area (Å²) < 4.78 is 0. The molecule has 0 bridgehead atoms. The number of rotatable bonds is 4. The first kappa shape index (κ1) is 12.4. The second-order valence-corrected chi connectivity index (χ2v) is 4.26.